The quantitative estimate of drug-likeness (QED) is 0.751. The van der Waals surface area contributed by atoms with Crippen LogP contribution in [0.2, 0.25) is 0 Å². The van der Waals surface area contributed by atoms with Gasteiger partial charge in [-0.3, -0.25) is 4.79 Å². The molecule has 0 bridgehead atoms. The highest BCUT2D eigenvalue weighted by Gasteiger charge is 2.22. The molecule has 1 amide bonds. The standard InChI is InChI=1S/C14H19NO3/c16-12-4-1-10(2-5-12)8-14(18)15-9-11-3-6-13(17)7-11/h1-2,4-5,11,13,16-17H,3,6-9H2,(H,15,18). The third kappa shape index (κ3) is 3.74. The number of aromatic hydroxyl groups is 1. The van der Waals surface area contributed by atoms with E-state index in [4.69, 9.17) is 5.11 Å². The molecule has 0 radical (unpaired) electrons. The van der Waals surface area contributed by atoms with Crippen LogP contribution >= 0.6 is 0 Å². The summed E-state index contributed by atoms with van der Waals surface area (Å²) in [6.45, 7) is 0.647. The molecule has 2 unspecified atom stereocenters. The van der Waals surface area contributed by atoms with Crippen LogP contribution in [0.25, 0.3) is 0 Å². The van der Waals surface area contributed by atoms with Gasteiger partial charge in [0, 0.05) is 6.54 Å². The Morgan fingerprint density at radius 1 is 1.28 bits per heavy atom. The molecule has 18 heavy (non-hydrogen) atoms. The Bertz CT molecular complexity index is 402. The number of benzene rings is 1. The van der Waals surface area contributed by atoms with Gasteiger partial charge in [-0.1, -0.05) is 12.1 Å². The molecule has 1 aliphatic rings. The van der Waals surface area contributed by atoms with Crippen LogP contribution < -0.4 is 5.32 Å². The molecule has 0 spiro atoms. The van der Waals surface area contributed by atoms with Crippen molar-refractivity contribution in [2.75, 3.05) is 6.54 Å². The molecule has 3 N–H and O–H groups in total. The number of aliphatic hydroxyl groups is 1. The van der Waals surface area contributed by atoms with Crippen LogP contribution in [0.15, 0.2) is 24.3 Å². The van der Waals surface area contributed by atoms with E-state index in [-0.39, 0.29) is 17.8 Å². The fraction of sp³-hybridized carbons (Fsp3) is 0.500. The second-order valence-electron chi connectivity index (χ2n) is 4.98. The van der Waals surface area contributed by atoms with Crippen molar-refractivity contribution < 1.29 is 15.0 Å². The molecule has 0 heterocycles. The number of rotatable bonds is 4. The molecule has 1 aliphatic carbocycles. The smallest absolute Gasteiger partial charge is 0.224 e. The average Bonchev–Trinajstić information content (AvgIpc) is 2.76. The lowest BCUT2D eigenvalue weighted by Crippen LogP contribution is -2.29. The van der Waals surface area contributed by atoms with Crippen molar-refractivity contribution in [1.29, 1.82) is 0 Å². The van der Waals surface area contributed by atoms with E-state index in [1.807, 2.05) is 0 Å². The minimum Gasteiger partial charge on any atom is -0.508 e. The first kappa shape index (κ1) is 12.9. The van der Waals surface area contributed by atoms with Crippen molar-refractivity contribution in [2.45, 2.75) is 31.8 Å². The number of carbonyl (C=O) groups is 1. The molecule has 1 fully saturated rings. The predicted molar refractivity (Wildman–Crippen MR) is 68.2 cm³/mol. The van der Waals surface area contributed by atoms with Crippen molar-refractivity contribution in [3.05, 3.63) is 29.8 Å². The Kier molecular flexibility index (Phi) is 4.20. The second kappa shape index (κ2) is 5.87. The number of carbonyl (C=O) groups excluding carboxylic acids is 1. The number of hydrogen-bond donors (Lipinski definition) is 3. The molecular formula is C14H19NO3. The summed E-state index contributed by atoms with van der Waals surface area (Å²) in [5.74, 6) is 0.602. The SMILES string of the molecule is O=C(Cc1ccc(O)cc1)NCC1CCC(O)C1. The summed E-state index contributed by atoms with van der Waals surface area (Å²) in [5, 5.41) is 21.4. The first-order valence-electron chi connectivity index (χ1n) is 6.36. The fourth-order valence-corrected chi connectivity index (χ4v) is 2.35. The van der Waals surface area contributed by atoms with Crippen molar-refractivity contribution >= 4 is 5.91 Å². The van der Waals surface area contributed by atoms with E-state index in [0.29, 0.717) is 18.9 Å². The van der Waals surface area contributed by atoms with E-state index in [0.717, 1.165) is 24.8 Å². The highest BCUT2D eigenvalue weighted by atomic mass is 16.3. The molecule has 4 heteroatoms. The summed E-state index contributed by atoms with van der Waals surface area (Å²) in [7, 11) is 0. The zero-order chi connectivity index (χ0) is 13.0. The Morgan fingerprint density at radius 3 is 2.61 bits per heavy atom. The van der Waals surface area contributed by atoms with E-state index in [2.05, 4.69) is 5.32 Å². The maximum Gasteiger partial charge on any atom is 0.224 e. The first-order valence-corrected chi connectivity index (χ1v) is 6.36. The molecule has 1 saturated carbocycles. The summed E-state index contributed by atoms with van der Waals surface area (Å²) in [5.41, 5.74) is 0.886. The van der Waals surface area contributed by atoms with Crippen LogP contribution in [-0.4, -0.2) is 28.8 Å². The van der Waals surface area contributed by atoms with Gasteiger partial charge < -0.3 is 15.5 Å². The topological polar surface area (TPSA) is 69.6 Å². The van der Waals surface area contributed by atoms with Crippen LogP contribution in [0.3, 0.4) is 0 Å². The van der Waals surface area contributed by atoms with E-state index in [9.17, 15) is 9.90 Å². The molecule has 0 saturated heterocycles. The summed E-state index contributed by atoms with van der Waals surface area (Å²) >= 11 is 0. The first-order chi connectivity index (χ1) is 8.63. The molecule has 0 aliphatic heterocycles. The van der Waals surface area contributed by atoms with Gasteiger partial charge in [-0.05, 0) is 42.9 Å². The molecule has 1 aromatic rings. The monoisotopic (exact) mass is 249 g/mol. The lowest BCUT2D eigenvalue weighted by Gasteiger charge is -2.10. The van der Waals surface area contributed by atoms with E-state index in [1.165, 1.54) is 0 Å². The fourth-order valence-electron chi connectivity index (χ4n) is 2.35. The van der Waals surface area contributed by atoms with Gasteiger partial charge in [0.1, 0.15) is 5.75 Å². The van der Waals surface area contributed by atoms with Gasteiger partial charge in [0.2, 0.25) is 5.91 Å². The highest BCUT2D eigenvalue weighted by Crippen LogP contribution is 2.24. The Morgan fingerprint density at radius 2 is 2.00 bits per heavy atom. The average molecular weight is 249 g/mol. The van der Waals surface area contributed by atoms with Gasteiger partial charge in [-0.2, -0.15) is 0 Å². The largest absolute Gasteiger partial charge is 0.508 e. The zero-order valence-electron chi connectivity index (χ0n) is 10.3. The van der Waals surface area contributed by atoms with Gasteiger partial charge in [0.15, 0.2) is 0 Å². The summed E-state index contributed by atoms with van der Waals surface area (Å²) in [4.78, 5) is 11.7. The van der Waals surface area contributed by atoms with Gasteiger partial charge in [0.25, 0.3) is 0 Å². The van der Waals surface area contributed by atoms with Gasteiger partial charge in [-0.25, -0.2) is 0 Å². The van der Waals surface area contributed by atoms with Crippen LogP contribution in [0.1, 0.15) is 24.8 Å². The van der Waals surface area contributed by atoms with Crippen LogP contribution in [0.4, 0.5) is 0 Å². The zero-order valence-corrected chi connectivity index (χ0v) is 10.3. The van der Waals surface area contributed by atoms with Crippen molar-refractivity contribution in [3.8, 4) is 5.75 Å². The third-order valence-corrected chi connectivity index (χ3v) is 3.40. The minimum atomic E-state index is -0.191. The predicted octanol–water partition coefficient (Wildman–Crippen LogP) is 1.21. The van der Waals surface area contributed by atoms with E-state index >= 15 is 0 Å². The molecule has 2 rings (SSSR count). The minimum absolute atomic E-state index is 0.0120. The molecule has 98 valence electrons. The second-order valence-corrected chi connectivity index (χ2v) is 4.98. The molecule has 0 aromatic heterocycles. The van der Waals surface area contributed by atoms with Crippen LogP contribution in [0.5, 0.6) is 5.75 Å². The molecule has 1 aromatic carbocycles. The summed E-state index contributed by atoms with van der Waals surface area (Å²) < 4.78 is 0. The Balaban J connectivity index is 1.73. The van der Waals surface area contributed by atoms with E-state index < -0.39 is 0 Å². The number of amides is 1. The van der Waals surface area contributed by atoms with Gasteiger partial charge >= 0.3 is 0 Å². The molecule has 4 nitrogen and oxygen atoms in total. The highest BCUT2D eigenvalue weighted by molar-refractivity contribution is 5.78. The number of phenols is 1. The number of aliphatic hydroxyl groups excluding tert-OH is 1. The molecular weight excluding hydrogens is 230 g/mol. The Hall–Kier alpha value is -1.55. The molecule has 2 atom stereocenters. The normalized spacial score (nSPS) is 22.9. The summed E-state index contributed by atoms with van der Waals surface area (Å²) in [6, 6.07) is 6.65. The summed E-state index contributed by atoms with van der Waals surface area (Å²) in [6.07, 6.45) is 2.76. The van der Waals surface area contributed by atoms with Crippen LogP contribution in [-0.2, 0) is 11.2 Å². The van der Waals surface area contributed by atoms with Gasteiger partial charge in [-0.15, -0.1) is 0 Å². The number of hydrogen-bond acceptors (Lipinski definition) is 3. The number of phenolic OH excluding ortho intramolecular Hbond substituents is 1. The lowest BCUT2D eigenvalue weighted by atomic mass is 10.1. The van der Waals surface area contributed by atoms with Gasteiger partial charge in [0.05, 0.1) is 12.5 Å². The third-order valence-electron chi connectivity index (χ3n) is 3.40. The van der Waals surface area contributed by atoms with E-state index in [1.54, 1.807) is 24.3 Å². The van der Waals surface area contributed by atoms with Crippen molar-refractivity contribution in [1.82, 2.24) is 5.32 Å². The lowest BCUT2D eigenvalue weighted by molar-refractivity contribution is -0.120. The maximum absolute atomic E-state index is 11.7. The number of nitrogens with one attached hydrogen (secondary N) is 1. The van der Waals surface area contributed by atoms with Crippen molar-refractivity contribution in [3.63, 3.8) is 0 Å². The maximum atomic E-state index is 11.7. The van der Waals surface area contributed by atoms with Crippen LogP contribution in [0, 0.1) is 5.92 Å². The Labute approximate surface area is 107 Å². The van der Waals surface area contributed by atoms with Crippen molar-refractivity contribution in [2.24, 2.45) is 5.92 Å².